The molecule has 1 aliphatic rings. The smallest absolute Gasteiger partial charge is 0.338 e. The van der Waals surface area contributed by atoms with Gasteiger partial charge in [-0.1, -0.05) is 47.9 Å². The normalized spacial score (nSPS) is 15.7. The molecule has 172 valence electrons. The molecule has 7 nitrogen and oxygen atoms in total. The number of amides is 1. The lowest BCUT2D eigenvalue weighted by Crippen LogP contribution is -2.36. The van der Waals surface area contributed by atoms with Gasteiger partial charge in [-0.3, -0.25) is 4.79 Å². The van der Waals surface area contributed by atoms with Crippen LogP contribution in [0.1, 0.15) is 47.7 Å². The second-order valence-electron chi connectivity index (χ2n) is 7.86. The molecule has 1 heterocycles. The van der Waals surface area contributed by atoms with Crippen molar-refractivity contribution in [3.63, 3.8) is 0 Å². The van der Waals surface area contributed by atoms with E-state index in [0.29, 0.717) is 19.6 Å². The van der Waals surface area contributed by atoms with E-state index in [2.05, 4.69) is 5.32 Å². The van der Waals surface area contributed by atoms with Crippen molar-refractivity contribution < 1.29 is 22.7 Å². The maximum atomic E-state index is 13.0. The second kappa shape index (κ2) is 10.5. The monoisotopic (exact) mass is 478 g/mol. The minimum atomic E-state index is -3.82. The van der Waals surface area contributed by atoms with Crippen molar-refractivity contribution in [3.05, 3.63) is 64.2 Å². The summed E-state index contributed by atoms with van der Waals surface area (Å²) in [6.07, 6.45) is 1.50. The maximum Gasteiger partial charge on any atom is 0.338 e. The van der Waals surface area contributed by atoms with Crippen LogP contribution in [0.25, 0.3) is 0 Å². The first-order valence-electron chi connectivity index (χ1n) is 10.5. The Hall–Kier alpha value is -2.42. The number of nitrogens with one attached hydrogen (secondary N) is 1. The highest BCUT2D eigenvalue weighted by Gasteiger charge is 2.29. The van der Waals surface area contributed by atoms with Crippen LogP contribution < -0.4 is 5.32 Å². The van der Waals surface area contributed by atoms with E-state index in [0.717, 1.165) is 30.4 Å². The number of ether oxygens (including phenoxy) is 1. The molecule has 0 saturated carbocycles. The number of carbonyl (C=O) groups excluding carboxylic acids is 2. The first-order chi connectivity index (χ1) is 15.2. The molecule has 0 aromatic heterocycles. The van der Waals surface area contributed by atoms with Gasteiger partial charge in [0.2, 0.25) is 10.0 Å². The van der Waals surface area contributed by atoms with Crippen molar-refractivity contribution in [2.75, 3.05) is 13.1 Å². The van der Waals surface area contributed by atoms with E-state index < -0.39 is 28.0 Å². The fourth-order valence-electron chi connectivity index (χ4n) is 3.39. The Morgan fingerprint density at radius 1 is 1.09 bits per heavy atom. The quantitative estimate of drug-likeness (QED) is 0.613. The van der Waals surface area contributed by atoms with E-state index in [-0.39, 0.29) is 15.5 Å². The molecule has 0 bridgehead atoms. The predicted molar refractivity (Wildman–Crippen MR) is 122 cm³/mol. The summed E-state index contributed by atoms with van der Waals surface area (Å²) in [4.78, 5) is 24.8. The van der Waals surface area contributed by atoms with Gasteiger partial charge in [0, 0.05) is 19.6 Å². The van der Waals surface area contributed by atoms with Crippen LogP contribution in [0.15, 0.2) is 47.4 Å². The highest BCUT2D eigenvalue weighted by atomic mass is 35.5. The van der Waals surface area contributed by atoms with Crippen molar-refractivity contribution in [1.29, 1.82) is 0 Å². The molecule has 1 atom stereocenters. The lowest BCUT2D eigenvalue weighted by molar-refractivity contribution is -0.129. The Bertz CT molecular complexity index is 1080. The third-order valence-corrected chi connectivity index (χ3v) is 7.72. The molecule has 1 aliphatic heterocycles. The molecule has 9 heteroatoms. The average Bonchev–Trinajstić information content (AvgIpc) is 2.79. The van der Waals surface area contributed by atoms with E-state index >= 15 is 0 Å². The maximum absolute atomic E-state index is 13.0. The summed E-state index contributed by atoms with van der Waals surface area (Å²) in [6.45, 7) is 4.59. The average molecular weight is 479 g/mol. The van der Waals surface area contributed by atoms with Gasteiger partial charge < -0.3 is 10.1 Å². The molecule has 2 aromatic carbocycles. The van der Waals surface area contributed by atoms with E-state index in [1.165, 1.54) is 29.4 Å². The summed E-state index contributed by atoms with van der Waals surface area (Å²) in [6, 6.07) is 11.7. The van der Waals surface area contributed by atoms with Gasteiger partial charge in [-0.2, -0.15) is 4.31 Å². The van der Waals surface area contributed by atoms with Crippen LogP contribution >= 0.6 is 11.6 Å². The summed E-state index contributed by atoms with van der Waals surface area (Å²) in [5.41, 5.74) is 2.06. The summed E-state index contributed by atoms with van der Waals surface area (Å²) in [5, 5.41) is 2.76. The third kappa shape index (κ3) is 5.88. The minimum absolute atomic E-state index is 0.0168. The number of nitrogens with zero attached hydrogens (tertiary/aromatic N) is 1. The van der Waals surface area contributed by atoms with Gasteiger partial charge in [-0.25, -0.2) is 13.2 Å². The number of aryl methyl sites for hydroxylation is 1. The van der Waals surface area contributed by atoms with Crippen LogP contribution in [0.4, 0.5) is 0 Å². The zero-order valence-corrected chi connectivity index (χ0v) is 19.7. The Morgan fingerprint density at radius 3 is 2.41 bits per heavy atom. The van der Waals surface area contributed by atoms with Gasteiger partial charge in [0.05, 0.1) is 10.6 Å². The van der Waals surface area contributed by atoms with Crippen molar-refractivity contribution in [3.8, 4) is 0 Å². The molecule has 2 aromatic rings. The number of hydrogen-bond donors (Lipinski definition) is 1. The summed E-state index contributed by atoms with van der Waals surface area (Å²) < 4.78 is 32.6. The number of rotatable bonds is 7. The number of benzene rings is 2. The fraction of sp³-hybridized carbons (Fsp3) is 0.391. The predicted octanol–water partition coefficient (Wildman–Crippen LogP) is 3.68. The number of carbonyl (C=O) groups is 2. The molecule has 3 rings (SSSR count). The molecule has 0 spiro atoms. The van der Waals surface area contributed by atoms with E-state index in [9.17, 15) is 18.0 Å². The largest absolute Gasteiger partial charge is 0.449 e. The summed E-state index contributed by atoms with van der Waals surface area (Å²) in [7, 11) is -3.82. The molecule has 0 aliphatic carbocycles. The highest BCUT2D eigenvalue weighted by Crippen LogP contribution is 2.28. The van der Waals surface area contributed by atoms with Crippen LogP contribution in [0, 0.1) is 6.92 Å². The molecular weight excluding hydrogens is 452 g/mol. The SMILES string of the molecule is Cc1ccc(CNC(=O)C(C)OC(=O)c2ccc(Cl)c(S(=O)(=O)N3CCCCC3)c2)cc1. The number of esters is 1. The number of piperidine rings is 1. The van der Waals surface area contributed by atoms with Crippen LogP contribution in [0.5, 0.6) is 0 Å². The van der Waals surface area contributed by atoms with Crippen LogP contribution in [0.3, 0.4) is 0 Å². The standard InChI is InChI=1S/C23H27ClN2O5S/c1-16-6-8-18(9-7-16)15-25-22(27)17(2)31-23(28)19-10-11-20(24)21(14-19)32(29,30)26-12-4-3-5-13-26/h6-11,14,17H,3-5,12-13,15H2,1-2H3,(H,25,27). The molecule has 0 radical (unpaired) electrons. The second-order valence-corrected chi connectivity index (χ2v) is 10.2. The number of hydrogen-bond acceptors (Lipinski definition) is 5. The van der Waals surface area contributed by atoms with Gasteiger partial charge in [0.15, 0.2) is 6.10 Å². The van der Waals surface area contributed by atoms with Gasteiger partial charge in [-0.05, 0) is 50.5 Å². The fourth-order valence-corrected chi connectivity index (χ4v) is 5.41. The first kappa shape index (κ1) is 24.2. The first-order valence-corrected chi connectivity index (χ1v) is 12.3. The van der Waals surface area contributed by atoms with Crippen molar-refractivity contribution in [1.82, 2.24) is 9.62 Å². The third-order valence-electron chi connectivity index (χ3n) is 5.34. The lowest BCUT2D eigenvalue weighted by Gasteiger charge is -2.26. The minimum Gasteiger partial charge on any atom is -0.449 e. The van der Waals surface area contributed by atoms with E-state index in [4.69, 9.17) is 16.3 Å². The summed E-state index contributed by atoms with van der Waals surface area (Å²) in [5.74, 6) is -1.25. The Morgan fingerprint density at radius 2 is 1.75 bits per heavy atom. The van der Waals surface area contributed by atoms with Crippen LogP contribution in [0.2, 0.25) is 5.02 Å². The topological polar surface area (TPSA) is 92.8 Å². The van der Waals surface area contributed by atoms with Crippen molar-refractivity contribution in [2.45, 2.75) is 50.7 Å². The molecule has 1 N–H and O–H groups in total. The van der Waals surface area contributed by atoms with Crippen molar-refractivity contribution in [2.24, 2.45) is 0 Å². The lowest BCUT2D eigenvalue weighted by atomic mass is 10.1. The molecular formula is C23H27ClN2O5S. The Labute approximate surface area is 193 Å². The molecule has 1 amide bonds. The molecule has 1 saturated heterocycles. The number of halogens is 1. The Kier molecular flexibility index (Phi) is 7.92. The summed E-state index contributed by atoms with van der Waals surface area (Å²) >= 11 is 6.15. The van der Waals surface area contributed by atoms with Crippen LogP contribution in [-0.4, -0.2) is 43.8 Å². The van der Waals surface area contributed by atoms with Gasteiger partial charge in [-0.15, -0.1) is 0 Å². The molecule has 1 unspecified atom stereocenters. The zero-order chi connectivity index (χ0) is 23.3. The van der Waals surface area contributed by atoms with Gasteiger partial charge in [0.1, 0.15) is 4.90 Å². The molecule has 32 heavy (non-hydrogen) atoms. The van der Waals surface area contributed by atoms with Gasteiger partial charge >= 0.3 is 5.97 Å². The van der Waals surface area contributed by atoms with Gasteiger partial charge in [0.25, 0.3) is 5.91 Å². The van der Waals surface area contributed by atoms with E-state index in [1.54, 1.807) is 0 Å². The Balaban J connectivity index is 1.66. The van der Waals surface area contributed by atoms with Crippen molar-refractivity contribution >= 4 is 33.5 Å². The molecule has 1 fully saturated rings. The van der Waals surface area contributed by atoms with Crippen LogP contribution in [-0.2, 0) is 26.1 Å². The number of sulfonamides is 1. The highest BCUT2D eigenvalue weighted by molar-refractivity contribution is 7.89. The zero-order valence-electron chi connectivity index (χ0n) is 18.1. The van der Waals surface area contributed by atoms with E-state index in [1.807, 2.05) is 31.2 Å².